The van der Waals surface area contributed by atoms with E-state index in [0.29, 0.717) is 11.3 Å². The molecule has 1 fully saturated rings. The van der Waals surface area contributed by atoms with Gasteiger partial charge in [0.05, 0.1) is 0 Å². The van der Waals surface area contributed by atoms with Crippen LogP contribution in [0.5, 0.6) is 0 Å². The first-order valence-electron chi connectivity index (χ1n) is 5.42. The standard InChI is InChI=1S/C10H13F4NO3/c11-8(12)10(13,14)9(18)15-4-3-6(5-15)1-2-7(16)17/h6,8H,1-5H2,(H,16,17). The Morgan fingerprint density at radius 3 is 2.50 bits per heavy atom. The van der Waals surface area contributed by atoms with Crippen molar-refractivity contribution < 1.29 is 32.3 Å². The van der Waals surface area contributed by atoms with Crippen molar-refractivity contribution in [3.63, 3.8) is 0 Å². The molecule has 1 amide bonds. The highest BCUT2D eigenvalue weighted by molar-refractivity contribution is 5.84. The van der Waals surface area contributed by atoms with Gasteiger partial charge in [-0.05, 0) is 18.8 Å². The van der Waals surface area contributed by atoms with Gasteiger partial charge in [-0.2, -0.15) is 8.78 Å². The van der Waals surface area contributed by atoms with Gasteiger partial charge in [0, 0.05) is 19.5 Å². The van der Waals surface area contributed by atoms with E-state index in [4.69, 9.17) is 5.11 Å². The van der Waals surface area contributed by atoms with Gasteiger partial charge in [-0.3, -0.25) is 9.59 Å². The Labute approximate surface area is 101 Å². The number of alkyl halides is 4. The van der Waals surface area contributed by atoms with Gasteiger partial charge in [-0.1, -0.05) is 0 Å². The van der Waals surface area contributed by atoms with Crippen molar-refractivity contribution in [2.75, 3.05) is 13.1 Å². The molecule has 1 aliphatic rings. The second-order valence-electron chi connectivity index (χ2n) is 4.26. The van der Waals surface area contributed by atoms with Crippen LogP contribution in [0, 0.1) is 5.92 Å². The molecule has 1 heterocycles. The van der Waals surface area contributed by atoms with Gasteiger partial charge < -0.3 is 10.0 Å². The summed E-state index contributed by atoms with van der Waals surface area (Å²) in [5, 5.41) is 8.45. The molecular formula is C10H13F4NO3. The lowest BCUT2D eigenvalue weighted by molar-refractivity contribution is -0.179. The molecule has 4 nitrogen and oxygen atoms in total. The highest BCUT2D eigenvalue weighted by atomic mass is 19.3. The summed E-state index contributed by atoms with van der Waals surface area (Å²) in [6.07, 6.45) is -3.54. The second-order valence-corrected chi connectivity index (χ2v) is 4.26. The first-order chi connectivity index (χ1) is 8.25. The second kappa shape index (κ2) is 5.53. The SMILES string of the molecule is O=C(O)CCC1CCN(C(=O)C(F)(F)C(F)F)C1. The third-order valence-electron chi connectivity index (χ3n) is 2.90. The summed E-state index contributed by atoms with van der Waals surface area (Å²) >= 11 is 0. The van der Waals surface area contributed by atoms with Crippen molar-refractivity contribution >= 4 is 11.9 Å². The number of carboxylic acids is 1. The van der Waals surface area contributed by atoms with E-state index in [2.05, 4.69) is 0 Å². The molecule has 8 heteroatoms. The normalized spacial score (nSPS) is 20.5. The topological polar surface area (TPSA) is 57.6 Å². The number of hydrogen-bond donors (Lipinski definition) is 1. The van der Waals surface area contributed by atoms with E-state index in [9.17, 15) is 27.2 Å². The largest absolute Gasteiger partial charge is 0.481 e. The van der Waals surface area contributed by atoms with Gasteiger partial charge in [-0.25, -0.2) is 8.78 Å². The lowest BCUT2D eigenvalue weighted by Crippen LogP contribution is -2.46. The number of aliphatic carboxylic acids is 1. The maximum absolute atomic E-state index is 12.8. The summed E-state index contributed by atoms with van der Waals surface area (Å²) in [6, 6.07) is 0. The van der Waals surface area contributed by atoms with E-state index in [-0.39, 0.29) is 31.8 Å². The van der Waals surface area contributed by atoms with Crippen molar-refractivity contribution in [2.24, 2.45) is 5.92 Å². The van der Waals surface area contributed by atoms with E-state index >= 15 is 0 Å². The zero-order chi connectivity index (χ0) is 13.9. The zero-order valence-electron chi connectivity index (χ0n) is 9.41. The van der Waals surface area contributed by atoms with Gasteiger partial charge in [0.1, 0.15) is 0 Å². The number of nitrogens with zero attached hydrogens (tertiary/aromatic N) is 1. The number of carboxylic acid groups (broad SMARTS) is 1. The van der Waals surface area contributed by atoms with Crippen LogP contribution in [-0.4, -0.2) is 47.3 Å². The molecule has 1 unspecified atom stereocenters. The van der Waals surface area contributed by atoms with Crippen molar-refractivity contribution in [2.45, 2.75) is 31.6 Å². The Hall–Kier alpha value is -1.34. The summed E-state index contributed by atoms with van der Waals surface area (Å²) in [6.45, 7) is -0.125. The predicted octanol–water partition coefficient (Wildman–Crippen LogP) is 1.60. The van der Waals surface area contributed by atoms with Crippen LogP contribution in [0.1, 0.15) is 19.3 Å². The summed E-state index contributed by atoms with van der Waals surface area (Å²) < 4.78 is 49.6. The molecule has 18 heavy (non-hydrogen) atoms. The Balaban J connectivity index is 2.51. The van der Waals surface area contributed by atoms with Crippen LogP contribution in [0.2, 0.25) is 0 Å². The van der Waals surface area contributed by atoms with Crippen LogP contribution in [0.4, 0.5) is 17.6 Å². The van der Waals surface area contributed by atoms with E-state index < -0.39 is 24.2 Å². The molecule has 1 rings (SSSR count). The lowest BCUT2D eigenvalue weighted by atomic mass is 10.0. The molecule has 0 aliphatic carbocycles. The molecule has 0 saturated carbocycles. The van der Waals surface area contributed by atoms with Crippen LogP contribution < -0.4 is 0 Å². The number of amides is 1. The molecule has 1 N–H and O–H groups in total. The smallest absolute Gasteiger partial charge is 0.383 e. The van der Waals surface area contributed by atoms with Crippen molar-refractivity contribution in [1.29, 1.82) is 0 Å². The Morgan fingerprint density at radius 2 is 2.00 bits per heavy atom. The third kappa shape index (κ3) is 3.33. The van der Waals surface area contributed by atoms with Crippen LogP contribution >= 0.6 is 0 Å². The summed E-state index contributed by atoms with van der Waals surface area (Å²) in [5.41, 5.74) is 0. The zero-order valence-corrected chi connectivity index (χ0v) is 9.41. The first kappa shape index (κ1) is 14.7. The average molecular weight is 271 g/mol. The molecule has 0 aromatic heterocycles. The van der Waals surface area contributed by atoms with Crippen LogP contribution in [0.15, 0.2) is 0 Å². The van der Waals surface area contributed by atoms with Crippen molar-refractivity contribution in [1.82, 2.24) is 4.90 Å². The first-order valence-corrected chi connectivity index (χ1v) is 5.42. The molecule has 0 spiro atoms. The van der Waals surface area contributed by atoms with Gasteiger partial charge in [0.15, 0.2) is 0 Å². The van der Waals surface area contributed by atoms with Crippen LogP contribution in [0.3, 0.4) is 0 Å². The number of carbonyl (C=O) groups is 2. The minimum atomic E-state index is -4.66. The number of carbonyl (C=O) groups excluding carboxylic acids is 1. The van der Waals surface area contributed by atoms with Crippen LogP contribution in [-0.2, 0) is 9.59 Å². The van der Waals surface area contributed by atoms with E-state index in [1.165, 1.54) is 0 Å². The number of likely N-dealkylation sites (tertiary alicyclic amines) is 1. The molecule has 0 aromatic carbocycles. The number of hydrogen-bond acceptors (Lipinski definition) is 2. The Kier molecular flexibility index (Phi) is 4.53. The van der Waals surface area contributed by atoms with E-state index in [1.54, 1.807) is 0 Å². The summed E-state index contributed by atoms with van der Waals surface area (Å²) in [5.74, 6) is -7.78. The van der Waals surface area contributed by atoms with E-state index in [0.717, 1.165) is 0 Å². The maximum Gasteiger partial charge on any atom is 0.383 e. The fourth-order valence-corrected chi connectivity index (χ4v) is 1.88. The summed E-state index contributed by atoms with van der Waals surface area (Å²) in [7, 11) is 0. The molecule has 1 atom stereocenters. The van der Waals surface area contributed by atoms with Gasteiger partial charge >= 0.3 is 18.3 Å². The van der Waals surface area contributed by atoms with Crippen molar-refractivity contribution in [3.8, 4) is 0 Å². The molecule has 1 aliphatic heterocycles. The maximum atomic E-state index is 12.8. The molecule has 0 radical (unpaired) electrons. The van der Waals surface area contributed by atoms with E-state index in [1.807, 2.05) is 0 Å². The van der Waals surface area contributed by atoms with Gasteiger partial charge in [-0.15, -0.1) is 0 Å². The number of halogens is 4. The molecule has 0 aromatic rings. The third-order valence-corrected chi connectivity index (χ3v) is 2.90. The van der Waals surface area contributed by atoms with Gasteiger partial charge in [0.2, 0.25) is 0 Å². The highest BCUT2D eigenvalue weighted by Gasteiger charge is 2.52. The van der Waals surface area contributed by atoms with Crippen LogP contribution in [0.25, 0.3) is 0 Å². The molecule has 0 bridgehead atoms. The minimum Gasteiger partial charge on any atom is -0.481 e. The minimum absolute atomic E-state index is 0.0363. The fourth-order valence-electron chi connectivity index (χ4n) is 1.88. The fraction of sp³-hybridized carbons (Fsp3) is 0.800. The molecule has 1 saturated heterocycles. The summed E-state index contributed by atoms with van der Waals surface area (Å²) in [4.78, 5) is 22.2. The molecule has 104 valence electrons. The molecular weight excluding hydrogens is 258 g/mol. The lowest BCUT2D eigenvalue weighted by Gasteiger charge is -2.22. The predicted molar refractivity (Wildman–Crippen MR) is 52.5 cm³/mol. The number of rotatable bonds is 5. The Morgan fingerprint density at radius 1 is 1.39 bits per heavy atom. The van der Waals surface area contributed by atoms with Gasteiger partial charge in [0.25, 0.3) is 5.91 Å². The monoisotopic (exact) mass is 271 g/mol. The quantitative estimate of drug-likeness (QED) is 0.773. The Bertz CT molecular complexity index is 335. The van der Waals surface area contributed by atoms with Crippen molar-refractivity contribution in [3.05, 3.63) is 0 Å². The average Bonchev–Trinajstić information content (AvgIpc) is 2.73. The highest BCUT2D eigenvalue weighted by Crippen LogP contribution is 2.29.